The number of carbonyl (C=O) groups is 2. The van der Waals surface area contributed by atoms with Crippen molar-refractivity contribution in [3.63, 3.8) is 0 Å². The van der Waals surface area contributed by atoms with Crippen molar-refractivity contribution in [2.45, 2.75) is 12.2 Å². The SMILES string of the molecule is COc1c(Cl)cccc1O[C@@H](c1ccccc1)[C@@H]1CNCCO1.O=C(O)C=CC(=O)O. The highest BCUT2D eigenvalue weighted by Gasteiger charge is 2.29. The Hall–Kier alpha value is -3.07. The van der Waals surface area contributed by atoms with Gasteiger partial charge in [0.05, 0.1) is 18.7 Å². The molecule has 0 spiro atoms. The Labute approximate surface area is 185 Å². The number of rotatable bonds is 7. The van der Waals surface area contributed by atoms with E-state index < -0.39 is 11.9 Å². The van der Waals surface area contributed by atoms with E-state index in [9.17, 15) is 9.59 Å². The second kappa shape index (κ2) is 12.6. The largest absolute Gasteiger partial charge is 0.491 e. The molecule has 2 aromatic rings. The third-order valence-corrected chi connectivity index (χ3v) is 4.48. The van der Waals surface area contributed by atoms with Gasteiger partial charge in [0.1, 0.15) is 6.10 Å². The predicted molar refractivity (Wildman–Crippen MR) is 115 cm³/mol. The summed E-state index contributed by atoms with van der Waals surface area (Å²) in [5.41, 5.74) is 1.06. The monoisotopic (exact) mass is 449 g/mol. The van der Waals surface area contributed by atoms with E-state index in [1.165, 1.54) is 0 Å². The minimum Gasteiger partial charge on any atom is -0.491 e. The van der Waals surface area contributed by atoms with Crippen molar-refractivity contribution < 1.29 is 34.0 Å². The molecule has 2 atom stereocenters. The Balaban J connectivity index is 0.000000366. The maximum atomic E-state index is 9.55. The van der Waals surface area contributed by atoms with Crippen molar-refractivity contribution in [3.8, 4) is 11.5 Å². The molecule has 2 aromatic carbocycles. The van der Waals surface area contributed by atoms with Crippen LogP contribution >= 0.6 is 11.6 Å². The highest BCUT2D eigenvalue weighted by molar-refractivity contribution is 6.32. The first-order valence-electron chi connectivity index (χ1n) is 9.42. The Morgan fingerprint density at radius 1 is 1.13 bits per heavy atom. The normalized spacial score (nSPS) is 16.6. The third-order valence-electron chi connectivity index (χ3n) is 4.18. The molecular weight excluding hydrogens is 426 g/mol. The molecule has 1 aliphatic rings. The van der Waals surface area contributed by atoms with E-state index in [1.54, 1.807) is 13.2 Å². The Bertz CT molecular complexity index is 867. The molecule has 31 heavy (non-hydrogen) atoms. The van der Waals surface area contributed by atoms with Gasteiger partial charge in [0.15, 0.2) is 17.6 Å². The minimum atomic E-state index is -1.26. The highest BCUT2D eigenvalue weighted by Crippen LogP contribution is 2.38. The van der Waals surface area contributed by atoms with Crippen LogP contribution in [0.4, 0.5) is 0 Å². The van der Waals surface area contributed by atoms with Crippen LogP contribution < -0.4 is 14.8 Å². The number of ether oxygens (including phenoxy) is 3. The summed E-state index contributed by atoms with van der Waals surface area (Å²) in [6, 6.07) is 15.6. The zero-order chi connectivity index (χ0) is 22.6. The molecule has 1 saturated heterocycles. The number of aliphatic carboxylic acids is 2. The van der Waals surface area contributed by atoms with Gasteiger partial charge in [0.25, 0.3) is 0 Å². The summed E-state index contributed by atoms with van der Waals surface area (Å²) in [5.74, 6) is -1.36. The first-order valence-corrected chi connectivity index (χ1v) is 9.80. The first kappa shape index (κ1) is 24.2. The summed E-state index contributed by atoms with van der Waals surface area (Å²) in [7, 11) is 1.59. The van der Waals surface area contributed by atoms with Crippen LogP contribution in [0.1, 0.15) is 11.7 Å². The lowest BCUT2D eigenvalue weighted by Crippen LogP contribution is -2.43. The Kier molecular flexibility index (Phi) is 9.83. The van der Waals surface area contributed by atoms with Gasteiger partial charge in [-0.25, -0.2) is 9.59 Å². The van der Waals surface area contributed by atoms with E-state index in [0.29, 0.717) is 35.3 Å². The van der Waals surface area contributed by atoms with Crippen LogP contribution in [0.5, 0.6) is 11.5 Å². The average Bonchev–Trinajstić information content (AvgIpc) is 2.78. The summed E-state index contributed by atoms with van der Waals surface area (Å²) >= 11 is 6.20. The molecule has 0 bridgehead atoms. The number of carboxylic acids is 2. The Morgan fingerprint density at radius 3 is 2.35 bits per heavy atom. The summed E-state index contributed by atoms with van der Waals surface area (Å²) in [4.78, 5) is 19.1. The van der Waals surface area contributed by atoms with E-state index in [-0.39, 0.29) is 12.2 Å². The lowest BCUT2D eigenvalue weighted by molar-refractivity contribution is -0.134. The van der Waals surface area contributed by atoms with E-state index in [2.05, 4.69) is 5.32 Å². The van der Waals surface area contributed by atoms with E-state index in [4.69, 9.17) is 36.0 Å². The quantitative estimate of drug-likeness (QED) is 0.552. The number of para-hydroxylation sites is 1. The second-order valence-electron chi connectivity index (χ2n) is 6.34. The molecule has 3 N–H and O–H groups in total. The molecule has 0 saturated carbocycles. The van der Waals surface area contributed by atoms with Crippen LogP contribution in [-0.4, -0.2) is 55.1 Å². The fourth-order valence-corrected chi connectivity index (χ4v) is 3.08. The third kappa shape index (κ3) is 7.93. The molecule has 1 fully saturated rings. The zero-order valence-corrected chi connectivity index (χ0v) is 17.6. The zero-order valence-electron chi connectivity index (χ0n) is 16.9. The molecule has 0 aromatic heterocycles. The number of methoxy groups -OCH3 is 1. The standard InChI is InChI=1S/C18H20ClNO3.C4H4O4/c1-21-18-14(19)8-5-9-15(18)23-17(13-6-3-2-4-7-13)16-12-20-10-11-22-16;5-3(6)1-2-4(7)8/h2-9,16-17,20H,10-12H2,1H3;1-2H,(H,5,6)(H,7,8)/t16-,17-;/m0./s1. The molecule has 3 rings (SSSR count). The maximum absolute atomic E-state index is 9.55. The van der Waals surface area contributed by atoms with Crippen LogP contribution in [0.25, 0.3) is 0 Å². The molecule has 1 aliphatic heterocycles. The van der Waals surface area contributed by atoms with Gasteiger partial charge in [0.2, 0.25) is 0 Å². The van der Waals surface area contributed by atoms with Crippen LogP contribution in [-0.2, 0) is 14.3 Å². The van der Waals surface area contributed by atoms with Crippen LogP contribution in [0.3, 0.4) is 0 Å². The molecule has 166 valence electrons. The minimum absolute atomic E-state index is 0.0742. The van der Waals surface area contributed by atoms with Crippen LogP contribution in [0.2, 0.25) is 5.02 Å². The molecule has 0 unspecified atom stereocenters. The summed E-state index contributed by atoms with van der Waals surface area (Å²) in [5, 5.41) is 19.5. The summed E-state index contributed by atoms with van der Waals surface area (Å²) in [6.45, 7) is 2.27. The number of carboxylic acid groups (broad SMARTS) is 2. The predicted octanol–water partition coefficient (Wildman–Crippen LogP) is 3.17. The molecule has 8 nitrogen and oxygen atoms in total. The molecule has 9 heteroatoms. The van der Waals surface area contributed by atoms with Crippen molar-refractivity contribution >= 4 is 23.5 Å². The van der Waals surface area contributed by atoms with Gasteiger partial charge in [-0.05, 0) is 17.7 Å². The van der Waals surface area contributed by atoms with Gasteiger partial charge in [-0.15, -0.1) is 0 Å². The number of hydrogen-bond acceptors (Lipinski definition) is 6. The summed E-state index contributed by atoms with van der Waals surface area (Å²) < 4.78 is 17.6. The molecular formula is C22H24ClNO7. The second-order valence-corrected chi connectivity index (χ2v) is 6.75. The van der Waals surface area contributed by atoms with Crippen LogP contribution in [0, 0.1) is 0 Å². The number of hydrogen-bond donors (Lipinski definition) is 3. The van der Waals surface area contributed by atoms with E-state index in [0.717, 1.165) is 18.7 Å². The van der Waals surface area contributed by atoms with Crippen molar-refractivity contribution in [2.75, 3.05) is 26.8 Å². The lowest BCUT2D eigenvalue weighted by Gasteiger charge is -2.32. The van der Waals surface area contributed by atoms with Crippen molar-refractivity contribution in [3.05, 3.63) is 71.3 Å². The number of halogens is 1. The number of morpholine rings is 1. The molecule has 0 amide bonds. The van der Waals surface area contributed by atoms with Crippen molar-refractivity contribution in [2.24, 2.45) is 0 Å². The topological polar surface area (TPSA) is 114 Å². The fourth-order valence-electron chi connectivity index (χ4n) is 2.84. The van der Waals surface area contributed by atoms with E-state index >= 15 is 0 Å². The van der Waals surface area contributed by atoms with Gasteiger partial charge < -0.3 is 29.7 Å². The van der Waals surface area contributed by atoms with Crippen molar-refractivity contribution in [1.82, 2.24) is 5.32 Å². The fraction of sp³-hybridized carbons (Fsp3) is 0.273. The lowest BCUT2D eigenvalue weighted by atomic mass is 10.0. The van der Waals surface area contributed by atoms with Crippen LogP contribution in [0.15, 0.2) is 60.7 Å². The van der Waals surface area contributed by atoms with Gasteiger partial charge >= 0.3 is 11.9 Å². The highest BCUT2D eigenvalue weighted by atomic mass is 35.5. The van der Waals surface area contributed by atoms with Gasteiger partial charge in [0, 0.05) is 25.2 Å². The summed E-state index contributed by atoms with van der Waals surface area (Å²) in [6.07, 6.45) is 0.802. The Morgan fingerprint density at radius 2 is 1.81 bits per heavy atom. The van der Waals surface area contributed by atoms with Crippen molar-refractivity contribution in [1.29, 1.82) is 0 Å². The van der Waals surface area contributed by atoms with Gasteiger partial charge in [-0.1, -0.05) is 48.0 Å². The number of benzene rings is 2. The molecule has 1 heterocycles. The maximum Gasteiger partial charge on any atom is 0.328 e. The smallest absolute Gasteiger partial charge is 0.328 e. The molecule has 0 aliphatic carbocycles. The van der Waals surface area contributed by atoms with Gasteiger partial charge in [-0.2, -0.15) is 0 Å². The molecule has 0 radical (unpaired) electrons. The van der Waals surface area contributed by atoms with Gasteiger partial charge in [-0.3, -0.25) is 0 Å². The first-order chi connectivity index (χ1) is 14.9. The number of nitrogens with one attached hydrogen (secondary N) is 1. The van der Waals surface area contributed by atoms with E-state index in [1.807, 2.05) is 42.5 Å². The average molecular weight is 450 g/mol.